The van der Waals surface area contributed by atoms with Gasteiger partial charge in [0.2, 0.25) is 0 Å². The summed E-state index contributed by atoms with van der Waals surface area (Å²) >= 11 is 6.03. The molecule has 0 amide bonds. The van der Waals surface area contributed by atoms with Gasteiger partial charge in [-0.2, -0.15) is 0 Å². The molecular formula is C14H17ClN2O. The summed E-state index contributed by atoms with van der Waals surface area (Å²) in [6.45, 7) is 6.89. The van der Waals surface area contributed by atoms with E-state index in [9.17, 15) is 0 Å². The lowest BCUT2D eigenvalue weighted by molar-refractivity contribution is 0.563. The van der Waals surface area contributed by atoms with Crippen LogP contribution in [0.1, 0.15) is 25.1 Å². The van der Waals surface area contributed by atoms with Crippen LogP contribution in [0.4, 0.5) is 0 Å². The Kier molecular flexibility index (Phi) is 4.04. The molecular weight excluding hydrogens is 248 g/mol. The SMILES string of the molecule is Cc1cc(-c2ocnc2CNC(C)C)ccc1Cl. The van der Waals surface area contributed by atoms with Crippen LogP contribution in [0.5, 0.6) is 0 Å². The molecule has 0 radical (unpaired) electrons. The van der Waals surface area contributed by atoms with E-state index in [2.05, 4.69) is 24.1 Å². The minimum Gasteiger partial charge on any atom is -0.443 e. The Morgan fingerprint density at radius 1 is 1.39 bits per heavy atom. The van der Waals surface area contributed by atoms with Crippen molar-refractivity contribution in [3.8, 4) is 11.3 Å². The van der Waals surface area contributed by atoms with Crippen molar-refractivity contribution in [2.75, 3.05) is 0 Å². The molecule has 18 heavy (non-hydrogen) atoms. The summed E-state index contributed by atoms with van der Waals surface area (Å²) in [6.07, 6.45) is 1.48. The van der Waals surface area contributed by atoms with Gasteiger partial charge in [-0.25, -0.2) is 4.98 Å². The molecule has 0 aliphatic rings. The third kappa shape index (κ3) is 2.92. The van der Waals surface area contributed by atoms with Crippen LogP contribution in [0.2, 0.25) is 5.02 Å². The van der Waals surface area contributed by atoms with E-state index in [-0.39, 0.29) is 0 Å². The molecule has 0 bridgehead atoms. The Hall–Kier alpha value is -1.32. The summed E-state index contributed by atoms with van der Waals surface area (Å²) in [5.41, 5.74) is 2.97. The molecule has 0 saturated heterocycles. The number of hydrogen-bond acceptors (Lipinski definition) is 3. The fourth-order valence-corrected chi connectivity index (χ4v) is 1.83. The van der Waals surface area contributed by atoms with E-state index >= 15 is 0 Å². The van der Waals surface area contributed by atoms with E-state index in [4.69, 9.17) is 16.0 Å². The monoisotopic (exact) mass is 264 g/mol. The summed E-state index contributed by atoms with van der Waals surface area (Å²) in [5.74, 6) is 0.808. The number of aromatic nitrogens is 1. The van der Waals surface area contributed by atoms with Crippen molar-refractivity contribution in [3.05, 3.63) is 40.9 Å². The number of halogens is 1. The van der Waals surface area contributed by atoms with Gasteiger partial charge in [0.1, 0.15) is 5.69 Å². The highest BCUT2D eigenvalue weighted by Crippen LogP contribution is 2.27. The molecule has 0 unspecified atom stereocenters. The first-order valence-corrected chi connectivity index (χ1v) is 6.38. The maximum atomic E-state index is 6.03. The molecule has 0 atom stereocenters. The Morgan fingerprint density at radius 2 is 2.17 bits per heavy atom. The van der Waals surface area contributed by atoms with Gasteiger partial charge < -0.3 is 9.73 Å². The molecule has 0 aliphatic heterocycles. The van der Waals surface area contributed by atoms with Crippen molar-refractivity contribution < 1.29 is 4.42 Å². The maximum absolute atomic E-state index is 6.03. The average Bonchev–Trinajstić information content (AvgIpc) is 2.78. The Balaban J connectivity index is 2.27. The van der Waals surface area contributed by atoms with Gasteiger partial charge in [-0.1, -0.05) is 25.4 Å². The van der Waals surface area contributed by atoms with Crippen LogP contribution in [-0.4, -0.2) is 11.0 Å². The first-order chi connectivity index (χ1) is 8.58. The Morgan fingerprint density at radius 3 is 2.83 bits per heavy atom. The smallest absolute Gasteiger partial charge is 0.181 e. The minimum atomic E-state index is 0.418. The van der Waals surface area contributed by atoms with Crippen molar-refractivity contribution >= 4 is 11.6 Å². The van der Waals surface area contributed by atoms with Gasteiger partial charge in [-0.3, -0.25) is 0 Å². The number of aryl methyl sites for hydroxylation is 1. The van der Waals surface area contributed by atoms with Crippen molar-refractivity contribution in [2.24, 2.45) is 0 Å². The number of rotatable bonds is 4. The second-order valence-corrected chi connectivity index (χ2v) is 5.03. The summed E-state index contributed by atoms with van der Waals surface area (Å²) in [4.78, 5) is 4.25. The minimum absolute atomic E-state index is 0.418. The Bertz CT molecular complexity index is 534. The first kappa shape index (κ1) is 13.1. The molecule has 1 N–H and O–H groups in total. The van der Waals surface area contributed by atoms with Crippen molar-refractivity contribution in [3.63, 3.8) is 0 Å². The predicted molar refractivity (Wildman–Crippen MR) is 73.7 cm³/mol. The van der Waals surface area contributed by atoms with Gasteiger partial charge in [-0.15, -0.1) is 0 Å². The van der Waals surface area contributed by atoms with Crippen LogP contribution in [-0.2, 0) is 6.54 Å². The summed E-state index contributed by atoms with van der Waals surface area (Å²) in [6, 6.07) is 6.27. The number of nitrogens with one attached hydrogen (secondary N) is 1. The van der Waals surface area contributed by atoms with Gasteiger partial charge in [0.15, 0.2) is 12.2 Å². The number of benzene rings is 1. The standard InChI is InChI=1S/C14H17ClN2O/c1-9(2)16-7-13-14(18-8-17-13)11-4-5-12(15)10(3)6-11/h4-6,8-9,16H,7H2,1-3H3. The molecule has 2 rings (SSSR count). The van der Waals surface area contributed by atoms with Gasteiger partial charge in [0, 0.05) is 23.2 Å². The van der Waals surface area contributed by atoms with E-state index in [0.29, 0.717) is 12.6 Å². The number of nitrogens with zero attached hydrogens (tertiary/aromatic N) is 1. The highest BCUT2D eigenvalue weighted by Gasteiger charge is 2.11. The summed E-state index contributed by atoms with van der Waals surface area (Å²) in [5, 5.41) is 4.10. The lowest BCUT2D eigenvalue weighted by Crippen LogP contribution is -2.22. The molecule has 1 heterocycles. The molecule has 0 fully saturated rings. The van der Waals surface area contributed by atoms with Crippen LogP contribution < -0.4 is 5.32 Å². The topological polar surface area (TPSA) is 38.1 Å². The van der Waals surface area contributed by atoms with Crippen LogP contribution >= 0.6 is 11.6 Å². The summed E-state index contributed by atoms with van der Waals surface area (Å²) in [7, 11) is 0. The van der Waals surface area contributed by atoms with Gasteiger partial charge >= 0.3 is 0 Å². The third-order valence-electron chi connectivity index (χ3n) is 2.74. The third-order valence-corrected chi connectivity index (χ3v) is 3.16. The number of oxazole rings is 1. The molecule has 3 nitrogen and oxygen atoms in total. The van der Waals surface area contributed by atoms with Crippen LogP contribution in [0.25, 0.3) is 11.3 Å². The molecule has 1 aromatic carbocycles. The maximum Gasteiger partial charge on any atom is 0.181 e. The van der Waals surface area contributed by atoms with Crippen molar-refractivity contribution in [1.29, 1.82) is 0 Å². The summed E-state index contributed by atoms with van der Waals surface area (Å²) < 4.78 is 5.48. The molecule has 96 valence electrons. The van der Waals surface area contributed by atoms with Crippen LogP contribution in [0, 0.1) is 6.92 Å². The molecule has 4 heteroatoms. The Labute approximate surface area is 112 Å². The van der Waals surface area contributed by atoms with E-state index in [1.54, 1.807) is 0 Å². The fraction of sp³-hybridized carbons (Fsp3) is 0.357. The number of hydrogen-bond donors (Lipinski definition) is 1. The zero-order valence-corrected chi connectivity index (χ0v) is 11.6. The average molecular weight is 265 g/mol. The quantitative estimate of drug-likeness (QED) is 0.913. The highest BCUT2D eigenvalue weighted by molar-refractivity contribution is 6.31. The second kappa shape index (κ2) is 5.55. The molecule has 0 saturated carbocycles. The molecule has 2 aromatic rings. The normalized spacial score (nSPS) is 11.2. The predicted octanol–water partition coefficient (Wildman–Crippen LogP) is 3.80. The molecule has 0 aliphatic carbocycles. The van der Waals surface area contributed by atoms with E-state index < -0.39 is 0 Å². The molecule has 0 spiro atoms. The lowest BCUT2D eigenvalue weighted by atomic mass is 10.1. The second-order valence-electron chi connectivity index (χ2n) is 4.63. The van der Waals surface area contributed by atoms with Gasteiger partial charge in [0.25, 0.3) is 0 Å². The highest BCUT2D eigenvalue weighted by atomic mass is 35.5. The van der Waals surface area contributed by atoms with Gasteiger partial charge in [-0.05, 0) is 30.7 Å². The van der Waals surface area contributed by atoms with Crippen LogP contribution in [0.3, 0.4) is 0 Å². The lowest BCUT2D eigenvalue weighted by Gasteiger charge is -2.07. The van der Waals surface area contributed by atoms with E-state index in [0.717, 1.165) is 27.6 Å². The zero-order chi connectivity index (χ0) is 13.1. The molecule has 1 aromatic heterocycles. The van der Waals surface area contributed by atoms with Crippen molar-refractivity contribution in [1.82, 2.24) is 10.3 Å². The van der Waals surface area contributed by atoms with E-state index in [1.807, 2.05) is 25.1 Å². The fourth-order valence-electron chi connectivity index (χ4n) is 1.72. The zero-order valence-electron chi connectivity index (χ0n) is 10.8. The van der Waals surface area contributed by atoms with Crippen LogP contribution in [0.15, 0.2) is 29.0 Å². The largest absolute Gasteiger partial charge is 0.443 e. The van der Waals surface area contributed by atoms with E-state index in [1.165, 1.54) is 6.39 Å². The first-order valence-electron chi connectivity index (χ1n) is 6.00. The van der Waals surface area contributed by atoms with Crippen molar-refractivity contribution in [2.45, 2.75) is 33.4 Å². The van der Waals surface area contributed by atoms with Gasteiger partial charge in [0.05, 0.1) is 0 Å².